The first-order valence-electron chi connectivity index (χ1n) is 11.1. The van der Waals surface area contributed by atoms with E-state index in [1.54, 1.807) is 14.1 Å². The highest BCUT2D eigenvalue weighted by Gasteiger charge is 2.20. The number of nitrogens with zero attached hydrogens (tertiary/aromatic N) is 7. The van der Waals surface area contributed by atoms with E-state index in [0.29, 0.717) is 39.3 Å². The molecule has 9 heteroatoms. The van der Waals surface area contributed by atoms with Crippen molar-refractivity contribution in [3.63, 3.8) is 0 Å². The Balaban J connectivity index is 1.79. The molecular formula is C26H24N8O. The van der Waals surface area contributed by atoms with Crippen LogP contribution < -0.4 is 11.3 Å². The van der Waals surface area contributed by atoms with Crippen LogP contribution in [0.5, 0.6) is 0 Å². The van der Waals surface area contributed by atoms with Gasteiger partial charge in [-0.1, -0.05) is 30.3 Å². The Kier molecular flexibility index (Phi) is 5.41. The van der Waals surface area contributed by atoms with Crippen molar-refractivity contribution in [3.05, 3.63) is 81.8 Å². The van der Waals surface area contributed by atoms with Gasteiger partial charge in [-0.25, -0.2) is 19.6 Å². The molecular weight excluding hydrogens is 440 g/mol. The Morgan fingerprint density at radius 1 is 1.00 bits per heavy atom. The summed E-state index contributed by atoms with van der Waals surface area (Å²) >= 11 is 0. The third kappa shape index (κ3) is 3.85. The number of hydrogen-bond acceptors (Lipinski definition) is 7. The molecule has 0 aliphatic rings. The van der Waals surface area contributed by atoms with Gasteiger partial charge in [-0.2, -0.15) is 5.10 Å². The molecule has 2 aromatic carbocycles. The molecule has 5 aromatic rings. The third-order valence-corrected chi connectivity index (χ3v) is 5.78. The molecule has 0 saturated heterocycles. The van der Waals surface area contributed by atoms with Gasteiger partial charge in [0, 0.05) is 20.1 Å². The van der Waals surface area contributed by atoms with E-state index in [0.717, 1.165) is 16.8 Å². The maximum atomic E-state index is 13.8. The van der Waals surface area contributed by atoms with Crippen molar-refractivity contribution in [2.45, 2.75) is 20.4 Å². The van der Waals surface area contributed by atoms with Gasteiger partial charge >= 0.3 is 0 Å². The lowest BCUT2D eigenvalue weighted by atomic mass is 10.1. The van der Waals surface area contributed by atoms with Gasteiger partial charge in [-0.3, -0.25) is 9.36 Å². The van der Waals surface area contributed by atoms with Gasteiger partial charge < -0.3 is 10.6 Å². The molecule has 0 spiro atoms. The fourth-order valence-electron chi connectivity index (χ4n) is 4.14. The quantitative estimate of drug-likeness (QED) is 0.323. The van der Waals surface area contributed by atoms with Crippen LogP contribution in [0.4, 0.5) is 5.82 Å². The highest BCUT2D eigenvalue weighted by atomic mass is 16.1. The fraction of sp³-hybridized carbons (Fsp3) is 0.192. The van der Waals surface area contributed by atoms with E-state index in [1.807, 2.05) is 70.4 Å². The lowest BCUT2D eigenvalue weighted by Gasteiger charge is -2.16. The lowest BCUT2D eigenvalue weighted by Crippen LogP contribution is -2.26. The van der Waals surface area contributed by atoms with Gasteiger partial charge in [0.1, 0.15) is 30.2 Å². The largest absolute Gasteiger partial charge is 0.383 e. The second-order valence-corrected chi connectivity index (χ2v) is 8.52. The van der Waals surface area contributed by atoms with Crippen LogP contribution in [-0.4, -0.2) is 48.3 Å². The Labute approximate surface area is 201 Å². The minimum Gasteiger partial charge on any atom is -0.383 e. The van der Waals surface area contributed by atoms with E-state index >= 15 is 0 Å². The zero-order chi connectivity index (χ0) is 24.7. The maximum Gasteiger partial charge on any atom is 0.266 e. The van der Waals surface area contributed by atoms with Crippen LogP contribution in [0.25, 0.3) is 27.6 Å². The van der Waals surface area contributed by atoms with E-state index in [-0.39, 0.29) is 12.1 Å². The first-order valence-corrected chi connectivity index (χ1v) is 11.1. The van der Waals surface area contributed by atoms with Crippen molar-refractivity contribution in [1.29, 1.82) is 0 Å². The molecule has 9 nitrogen and oxygen atoms in total. The number of benzene rings is 2. The number of aryl methyl sites for hydroxylation is 2. The van der Waals surface area contributed by atoms with Crippen LogP contribution in [-0.2, 0) is 6.54 Å². The van der Waals surface area contributed by atoms with Gasteiger partial charge in [0.25, 0.3) is 5.56 Å². The minimum atomic E-state index is -0.129. The highest BCUT2D eigenvalue weighted by molar-refractivity contribution is 5.90. The van der Waals surface area contributed by atoms with Crippen molar-refractivity contribution in [3.8, 4) is 17.7 Å². The molecule has 0 fully saturated rings. The Morgan fingerprint density at radius 3 is 2.54 bits per heavy atom. The Bertz CT molecular complexity index is 1720. The molecule has 0 aliphatic heterocycles. The van der Waals surface area contributed by atoms with Crippen LogP contribution >= 0.6 is 0 Å². The van der Waals surface area contributed by atoms with Crippen LogP contribution in [0, 0.1) is 25.8 Å². The molecule has 2 N–H and O–H groups in total. The first kappa shape index (κ1) is 22.1. The molecule has 0 aliphatic carbocycles. The fourth-order valence-corrected chi connectivity index (χ4v) is 4.14. The van der Waals surface area contributed by atoms with Crippen LogP contribution in [0.1, 0.15) is 22.6 Å². The molecule has 0 unspecified atom stereocenters. The van der Waals surface area contributed by atoms with E-state index in [1.165, 1.54) is 6.33 Å². The van der Waals surface area contributed by atoms with Crippen LogP contribution in [0.15, 0.2) is 53.6 Å². The Morgan fingerprint density at radius 2 is 1.77 bits per heavy atom. The molecule has 3 heterocycles. The van der Waals surface area contributed by atoms with Crippen LogP contribution in [0.3, 0.4) is 0 Å². The number of hydrogen-bond donors (Lipinski definition) is 1. The summed E-state index contributed by atoms with van der Waals surface area (Å²) in [4.78, 5) is 29.0. The molecule has 3 aromatic heterocycles. The standard InChI is InChI=1S/C26H24N8O/c1-16-8-5-6-11-20(16)34-21(30-18-10-7-9-17(2)22(18)26(34)35)14-33-25-23(24(27)28-15-29-25)19(31-33)12-13-32(3)4/h5-11,15H,14H2,1-4H3,(H2,27,28,29). The average Bonchev–Trinajstić information content (AvgIpc) is 3.17. The highest BCUT2D eigenvalue weighted by Crippen LogP contribution is 2.23. The zero-order valence-electron chi connectivity index (χ0n) is 19.9. The third-order valence-electron chi connectivity index (χ3n) is 5.78. The second-order valence-electron chi connectivity index (χ2n) is 8.52. The minimum absolute atomic E-state index is 0.129. The maximum absolute atomic E-state index is 13.8. The predicted molar refractivity (Wildman–Crippen MR) is 136 cm³/mol. The van der Waals surface area contributed by atoms with E-state index in [4.69, 9.17) is 10.7 Å². The van der Waals surface area contributed by atoms with Gasteiger partial charge in [0.05, 0.1) is 22.0 Å². The number of aromatic nitrogens is 6. The molecule has 0 amide bonds. The molecule has 5 rings (SSSR count). The summed E-state index contributed by atoms with van der Waals surface area (Å²) < 4.78 is 3.33. The number of nitrogen functional groups attached to an aromatic ring is 1. The van der Waals surface area contributed by atoms with Crippen molar-refractivity contribution < 1.29 is 0 Å². The van der Waals surface area contributed by atoms with Crippen molar-refractivity contribution in [1.82, 2.24) is 34.2 Å². The topological polar surface area (TPSA) is 108 Å². The molecule has 174 valence electrons. The zero-order valence-corrected chi connectivity index (χ0v) is 19.9. The summed E-state index contributed by atoms with van der Waals surface area (Å²) in [6.07, 6.45) is 1.39. The average molecular weight is 465 g/mol. The summed E-state index contributed by atoms with van der Waals surface area (Å²) in [5.41, 5.74) is 10.3. The normalized spacial score (nSPS) is 11.0. The molecule has 0 saturated carbocycles. The molecule has 0 atom stereocenters. The summed E-state index contributed by atoms with van der Waals surface area (Å²) in [6, 6.07) is 16.4. The smallest absolute Gasteiger partial charge is 0.266 e. The lowest BCUT2D eigenvalue weighted by molar-refractivity contribution is 0.597. The summed E-state index contributed by atoms with van der Waals surface area (Å²) in [5, 5.41) is 5.84. The molecule has 0 bridgehead atoms. The van der Waals surface area contributed by atoms with Gasteiger partial charge in [-0.05, 0) is 43.0 Å². The Hall–Kier alpha value is -4.71. The SMILES string of the molecule is Cc1ccccc1-n1c(Cn2nc(C#CN(C)C)c3c(N)ncnc32)nc2cccc(C)c2c1=O. The first-order chi connectivity index (χ1) is 16.8. The van der Waals surface area contributed by atoms with Gasteiger partial charge in [-0.15, -0.1) is 0 Å². The van der Waals surface area contributed by atoms with E-state index < -0.39 is 0 Å². The summed E-state index contributed by atoms with van der Waals surface area (Å²) in [5.74, 6) is 3.85. The number of para-hydroxylation sites is 1. The van der Waals surface area contributed by atoms with Crippen molar-refractivity contribution >= 4 is 27.8 Å². The summed E-state index contributed by atoms with van der Waals surface area (Å²) in [7, 11) is 3.68. The number of fused-ring (bicyclic) bond motifs is 2. The number of anilines is 1. The number of rotatable bonds is 3. The summed E-state index contributed by atoms with van der Waals surface area (Å²) in [6.45, 7) is 4.08. The van der Waals surface area contributed by atoms with Gasteiger partial charge in [0.2, 0.25) is 0 Å². The second kappa shape index (κ2) is 8.57. The number of nitrogens with two attached hydrogens (primary N) is 1. The van der Waals surface area contributed by atoms with E-state index in [9.17, 15) is 4.79 Å². The van der Waals surface area contributed by atoms with Crippen molar-refractivity contribution in [2.75, 3.05) is 19.8 Å². The molecule has 35 heavy (non-hydrogen) atoms. The molecule has 0 radical (unpaired) electrons. The van der Waals surface area contributed by atoms with Crippen molar-refractivity contribution in [2.24, 2.45) is 0 Å². The predicted octanol–water partition coefficient (Wildman–Crippen LogP) is 2.64. The monoisotopic (exact) mass is 464 g/mol. The van der Waals surface area contributed by atoms with E-state index in [2.05, 4.69) is 27.0 Å². The van der Waals surface area contributed by atoms with Crippen LogP contribution in [0.2, 0.25) is 0 Å². The van der Waals surface area contributed by atoms with Gasteiger partial charge in [0.15, 0.2) is 5.65 Å².